The SMILES string of the molecule is COCC(C)CNc1nc(NN)ncc1Cl. The van der Waals surface area contributed by atoms with Crippen LogP contribution in [0.5, 0.6) is 0 Å². The van der Waals surface area contributed by atoms with Crippen molar-refractivity contribution < 1.29 is 4.74 Å². The fraction of sp³-hybridized carbons (Fsp3) is 0.556. The lowest BCUT2D eigenvalue weighted by Crippen LogP contribution is -2.18. The van der Waals surface area contributed by atoms with Crippen LogP contribution in [0.2, 0.25) is 5.02 Å². The smallest absolute Gasteiger partial charge is 0.239 e. The summed E-state index contributed by atoms with van der Waals surface area (Å²) >= 11 is 5.93. The number of hydrazine groups is 1. The Kier molecular flexibility index (Phi) is 5.24. The van der Waals surface area contributed by atoms with Crippen molar-refractivity contribution in [2.75, 3.05) is 31.0 Å². The third kappa shape index (κ3) is 3.80. The lowest BCUT2D eigenvalue weighted by molar-refractivity contribution is 0.164. The zero-order chi connectivity index (χ0) is 12.0. The van der Waals surface area contributed by atoms with E-state index in [-0.39, 0.29) is 0 Å². The van der Waals surface area contributed by atoms with Gasteiger partial charge in [0.25, 0.3) is 0 Å². The summed E-state index contributed by atoms with van der Waals surface area (Å²) in [7, 11) is 1.67. The number of methoxy groups -OCH3 is 1. The predicted octanol–water partition coefficient (Wildman–Crippen LogP) is 1.11. The molecule has 0 saturated heterocycles. The summed E-state index contributed by atoms with van der Waals surface area (Å²) in [4.78, 5) is 7.97. The first-order chi connectivity index (χ1) is 7.67. The normalized spacial score (nSPS) is 12.2. The van der Waals surface area contributed by atoms with E-state index in [0.29, 0.717) is 35.9 Å². The zero-order valence-electron chi connectivity index (χ0n) is 9.33. The van der Waals surface area contributed by atoms with Crippen molar-refractivity contribution in [1.82, 2.24) is 9.97 Å². The van der Waals surface area contributed by atoms with Gasteiger partial charge in [0.15, 0.2) is 5.82 Å². The highest BCUT2D eigenvalue weighted by Crippen LogP contribution is 2.19. The van der Waals surface area contributed by atoms with Crippen LogP contribution in [0, 0.1) is 5.92 Å². The standard InChI is InChI=1S/C9H16ClN5O/c1-6(5-16-2)3-12-8-7(10)4-13-9(14-8)15-11/h4,6H,3,5,11H2,1-2H3,(H2,12,13,14,15). The molecule has 0 bridgehead atoms. The Labute approximate surface area is 99.5 Å². The first-order valence-corrected chi connectivity index (χ1v) is 5.27. The van der Waals surface area contributed by atoms with Gasteiger partial charge < -0.3 is 10.1 Å². The molecule has 1 aromatic rings. The van der Waals surface area contributed by atoms with Crippen LogP contribution in [0.25, 0.3) is 0 Å². The molecule has 1 atom stereocenters. The molecule has 0 amide bonds. The van der Waals surface area contributed by atoms with E-state index in [0.717, 1.165) is 0 Å². The van der Waals surface area contributed by atoms with Crippen molar-refractivity contribution in [3.8, 4) is 0 Å². The van der Waals surface area contributed by atoms with Crippen molar-refractivity contribution in [2.45, 2.75) is 6.92 Å². The molecule has 0 aliphatic rings. The molecule has 0 spiro atoms. The number of nitrogens with zero attached hydrogens (tertiary/aromatic N) is 2. The fourth-order valence-corrected chi connectivity index (χ4v) is 1.33. The number of rotatable bonds is 6. The highest BCUT2D eigenvalue weighted by molar-refractivity contribution is 6.32. The molecule has 0 radical (unpaired) electrons. The van der Waals surface area contributed by atoms with Crippen LogP contribution >= 0.6 is 11.6 Å². The number of anilines is 2. The molecule has 0 aromatic carbocycles. The molecule has 0 fully saturated rings. The molecule has 16 heavy (non-hydrogen) atoms. The molecule has 1 unspecified atom stereocenters. The Balaban J connectivity index is 2.58. The van der Waals surface area contributed by atoms with E-state index in [1.165, 1.54) is 6.20 Å². The minimum atomic E-state index is 0.325. The number of nitrogens with two attached hydrogens (primary N) is 1. The molecule has 0 aliphatic carbocycles. The van der Waals surface area contributed by atoms with Crippen molar-refractivity contribution in [3.63, 3.8) is 0 Å². The van der Waals surface area contributed by atoms with Gasteiger partial charge in [0, 0.05) is 13.7 Å². The van der Waals surface area contributed by atoms with Crippen LogP contribution in [0.15, 0.2) is 6.20 Å². The summed E-state index contributed by atoms with van der Waals surface area (Å²) in [6.07, 6.45) is 1.49. The molecule has 1 rings (SSSR count). The van der Waals surface area contributed by atoms with Crippen molar-refractivity contribution in [2.24, 2.45) is 11.8 Å². The van der Waals surface area contributed by atoms with Crippen LogP contribution in [0.1, 0.15) is 6.92 Å². The van der Waals surface area contributed by atoms with Crippen LogP contribution < -0.4 is 16.6 Å². The van der Waals surface area contributed by atoms with E-state index in [1.807, 2.05) is 0 Å². The summed E-state index contributed by atoms with van der Waals surface area (Å²) in [6.45, 7) is 3.46. The molecule has 90 valence electrons. The molecule has 1 heterocycles. The van der Waals surface area contributed by atoms with Gasteiger partial charge in [-0.25, -0.2) is 10.8 Å². The number of hydrogen-bond donors (Lipinski definition) is 3. The van der Waals surface area contributed by atoms with Gasteiger partial charge in [-0.05, 0) is 5.92 Å². The summed E-state index contributed by atoms with van der Waals surface area (Å²) in [5, 5.41) is 3.58. The van der Waals surface area contributed by atoms with E-state index < -0.39 is 0 Å². The van der Waals surface area contributed by atoms with Gasteiger partial charge in [-0.2, -0.15) is 4.98 Å². The summed E-state index contributed by atoms with van der Waals surface area (Å²) in [5.41, 5.74) is 2.36. The van der Waals surface area contributed by atoms with Crippen LogP contribution in [0.3, 0.4) is 0 Å². The average molecular weight is 246 g/mol. The van der Waals surface area contributed by atoms with E-state index in [9.17, 15) is 0 Å². The molecule has 0 aliphatic heterocycles. The maximum atomic E-state index is 5.93. The summed E-state index contributed by atoms with van der Waals surface area (Å²) in [5.74, 6) is 6.46. The maximum absolute atomic E-state index is 5.93. The largest absolute Gasteiger partial charge is 0.384 e. The monoisotopic (exact) mass is 245 g/mol. The highest BCUT2D eigenvalue weighted by atomic mass is 35.5. The lowest BCUT2D eigenvalue weighted by atomic mass is 10.2. The fourth-order valence-electron chi connectivity index (χ4n) is 1.17. The molecule has 7 heteroatoms. The van der Waals surface area contributed by atoms with Gasteiger partial charge in [-0.3, -0.25) is 5.43 Å². The van der Waals surface area contributed by atoms with Crippen molar-refractivity contribution in [3.05, 3.63) is 11.2 Å². The van der Waals surface area contributed by atoms with Gasteiger partial charge >= 0.3 is 0 Å². The lowest BCUT2D eigenvalue weighted by Gasteiger charge is -2.13. The van der Waals surface area contributed by atoms with Gasteiger partial charge in [-0.1, -0.05) is 18.5 Å². The Morgan fingerprint density at radius 2 is 2.38 bits per heavy atom. The van der Waals surface area contributed by atoms with E-state index >= 15 is 0 Å². The predicted molar refractivity (Wildman–Crippen MR) is 64.4 cm³/mol. The van der Waals surface area contributed by atoms with Gasteiger partial charge in [0.05, 0.1) is 12.8 Å². The second-order valence-corrected chi connectivity index (χ2v) is 3.88. The molecular formula is C9H16ClN5O. The first kappa shape index (κ1) is 13.0. The number of hydrogen-bond acceptors (Lipinski definition) is 6. The molecular weight excluding hydrogens is 230 g/mol. The molecule has 0 saturated carbocycles. The topological polar surface area (TPSA) is 85.1 Å². The Bertz CT molecular complexity index is 336. The van der Waals surface area contributed by atoms with Crippen LogP contribution in [0.4, 0.5) is 11.8 Å². The summed E-state index contributed by atoms with van der Waals surface area (Å²) in [6, 6.07) is 0. The minimum Gasteiger partial charge on any atom is -0.384 e. The van der Waals surface area contributed by atoms with Crippen LogP contribution in [-0.4, -0.2) is 30.2 Å². The molecule has 4 N–H and O–H groups in total. The molecule has 6 nitrogen and oxygen atoms in total. The molecule has 1 aromatic heterocycles. The second kappa shape index (κ2) is 6.47. The number of ether oxygens (including phenoxy) is 1. The van der Waals surface area contributed by atoms with Crippen molar-refractivity contribution >= 4 is 23.4 Å². The van der Waals surface area contributed by atoms with Crippen LogP contribution in [-0.2, 0) is 4.74 Å². The Morgan fingerprint density at radius 3 is 3.00 bits per heavy atom. The van der Waals surface area contributed by atoms with E-state index in [2.05, 4.69) is 27.6 Å². The Hall–Kier alpha value is -1.11. The number of halogens is 1. The van der Waals surface area contributed by atoms with Gasteiger partial charge in [0.2, 0.25) is 5.95 Å². The highest BCUT2D eigenvalue weighted by Gasteiger charge is 2.06. The average Bonchev–Trinajstić information content (AvgIpc) is 2.28. The minimum absolute atomic E-state index is 0.325. The Morgan fingerprint density at radius 1 is 1.62 bits per heavy atom. The van der Waals surface area contributed by atoms with E-state index in [4.69, 9.17) is 22.2 Å². The third-order valence-electron chi connectivity index (χ3n) is 1.94. The van der Waals surface area contributed by atoms with E-state index in [1.54, 1.807) is 7.11 Å². The first-order valence-electron chi connectivity index (χ1n) is 4.89. The zero-order valence-corrected chi connectivity index (χ0v) is 10.1. The summed E-state index contributed by atoms with van der Waals surface area (Å²) < 4.78 is 5.03. The van der Waals surface area contributed by atoms with Gasteiger partial charge in [-0.15, -0.1) is 0 Å². The number of nitrogens with one attached hydrogen (secondary N) is 2. The second-order valence-electron chi connectivity index (χ2n) is 3.48. The van der Waals surface area contributed by atoms with Gasteiger partial charge in [0.1, 0.15) is 5.02 Å². The quantitative estimate of drug-likeness (QED) is 0.514. The van der Waals surface area contributed by atoms with Crippen molar-refractivity contribution in [1.29, 1.82) is 0 Å². The maximum Gasteiger partial charge on any atom is 0.239 e. The number of nitrogen functional groups attached to an aromatic ring is 1. The number of aromatic nitrogens is 2. The third-order valence-corrected chi connectivity index (χ3v) is 2.22.